The van der Waals surface area contributed by atoms with Crippen LogP contribution in [0, 0.1) is 5.41 Å². The van der Waals surface area contributed by atoms with E-state index in [1.54, 1.807) is 20.8 Å². The van der Waals surface area contributed by atoms with Crippen molar-refractivity contribution in [2.24, 2.45) is 5.41 Å². The number of carbonyl (C=O) groups excluding carboxylic acids is 1. The van der Waals surface area contributed by atoms with Crippen LogP contribution in [0.1, 0.15) is 20.8 Å². The van der Waals surface area contributed by atoms with E-state index in [4.69, 9.17) is 9.84 Å². The van der Waals surface area contributed by atoms with Crippen LogP contribution >= 0.6 is 0 Å². The van der Waals surface area contributed by atoms with E-state index in [1.165, 1.54) is 6.08 Å². The molecule has 0 aliphatic carbocycles. The second-order valence-electron chi connectivity index (χ2n) is 4.52. The van der Waals surface area contributed by atoms with Gasteiger partial charge in [-0.15, -0.1) is 0 Å². The third kappa shape index (κ3) is 2.61. The zero-order chi connectivity index (χ0) is 12.3. The van der Waals surface area contributed by atoms with E-state index in [-0.39, 0.29) is 19.1 Å². The molecule has 0 aromatic heterocycles. The predicted molar refractivity (Wildman–Crippen MR) is 57.9 cm³/mol. The summed E-state index contributed by atoms with van der Waals surface area (Å²) in [5, 5.41) is 11.8. The molecule has 5 nitrogen and oxygen atoms in total. The molecule has 0 saturated carbocycles. The van der Waals surface area contributed by atoms with E-state index in [1.807, 2.05) is 0 Å². The summed E-state index contributed by atoms with van der Waals surface area (Å²) in [5.41, 5.74) is -0.168. The first-order valence-electron chi connectivity index (χ1n) is 5.13. The highest BCUT2D eigenvalue weighted by Gasteiger charge is 2.47. The van der Waals surface area contributed by atoms with Crippen LogP contribution in [0.15, 0.2) is 11.6 Å². The topological polar surface area (TPSA) is 75.6 Å². The average molecular weight is 227 g/mol. The summed E-state index contributed by atoms with van der Waals surface area (Å²) in [7, 11) is 0. The molecule has 0 radical (unpaired) electrons. The van der Waals surface area contributed by atoms with Gasteiger partial charge in [0.1, 0.15) is 5.41 Å². The molecular weight excluding hydrogens is 210 g/mol. The predicted octanol–water partition coefficient (Wildman–Crippen LogP) is 0.558. The Labute approximate surface area is 94.5 Å². The Balaban J connectivity index is 2.71. The number of amides is 1. The number of allylic oxidation sites excluding steroid dienone is 1. The number of carboxylic acids is 1. The van der Waals surface area contributed by atoms with Crippen molar-refractivity contribution < 1.29 is 19.4 Å². The third-order valence-corrected chi connectivity index (χ3v) is 2.68. The van der Waals surface area contributed by atoms with Crippen LogP contribution in [0.4, 0.5) is 0 Å². The molecule has 90 valence electrons. The molecule has 2 unspecified atom stereocenters. The molecule has 16 heavy (non-hydrogen) atoms. The van der Waals surface area contributed by atoms with Crippen molar-refractivity contribution in [3.8, 4) is 0 Å². The minimum absolute atomic E-state index is 0.127. The average Bonchev–Trinajstić information content (AvgIpc) is 2.47. The molecule has 0 aromatic rings. The quantitative estimate of drug-likeness (QED) is 0.691. The summed E-state index contributed by atoms with van der Waals surface area (Å²) in [6.07, 6.45) is 1.45. The van der Waals surface area contributed by atoms with Crippen molar-refractivity contribution >= 4 is 11.9 Å². The van der Waals surface area contributed by atoms with Gasteiger partial charge in [0.15, 0.2) is 0 Å². The standard InChI is InChI=1S/C11H17NO4/c1-7(2)4-9(13)12-8-5-16-6-11(8,3)10(14)15/h4,8H,5-6H2,1-3H3,(H,12,13)(H,14,15). The van der Waals surface area contributed by atoms with Gasteiger partial charge < -0.3 is 15.2 Å². The fourth-order valence-corrected chi connectivity index (χ4v) is 1.56. The Morgan fingerprint density at radius 1 is 1.50 bits per heavy atom. The largest absolute Gasteiger partial charge is 0.481 e. The number of aliphatic carboxylic acids is 1. The van der Waals surface area contributed by atoms with Gasteiger partial charge in [0.25, 0.3) is 0 Å². The minimum atomic E-state index is -1.04. The number of hydrogen-bond acceptors (Lipinski definition) is 3. The van der Waals surface area contributed by atoms with Crippen LogP contribution in [0.25, 0.3) is 0 Å². The monoisotopic (exact) mass is 227 g/mol. The molecular formula is C11H17NO4. The highest BCUT2D eigenvalue weighted by Crippen LogP contribution is 2.28. The highest BCUT2D eigenvalue weighted by molar-refractivity contribution is 5.89. The van der Waals surface area contributed by atoms with Crippen molar-refractivity contribution in [3.63, 3.8) is 0 Å². The maximum Gasteiger partial charge on any atom is 0.313 e. The number of ether oxygens (including phenoxy) is 1. The van der Waals surface area contributed by atoms with Crippen molar-refractivity contribution in [1.29, 1.82) is 0 Å². The Morgan fingerprint density at radius 3 is 2.62 bits per heavy atom. The van der Waals surface area contributed by atoms with Crippen LogP contribution in [0.3, 0.4) is 0 Å². The molecule has 2 N–H and O–H groups in total. The molecule has 1 aliphatic rings. The van der Waals surface area contributed by atoms with Crippen LogP contribution in [-0.2, 0) is 14.3 Å². The molecule has 0 spiro atoms. The van der Waals surface area contributed by atoms with Crippen molar-refractivity contribution in [3.05, 3.63) is 11.6 Å². The maximum absolute atomic E-state index is 11.5. The van der Waals surface area contributed by atoms with E-state index in [0.717, 1.165) is 5.57 Å². The molecule has 0 aromatic carbocycles. The fourth-order valence-electron chi connectivity index (χ4n) is 1.56. The minimum Gasteiger partial charge on any atom is -0.481 e. The molecule has 1 saturated heterocycles. The van der Waals surface area contributed by atoms with E-state index >= 15 is 0 Å². The Hall–Kier alpha value is -1.36. The fraction of sp³-hybridized carbons (Fsp3) is 0.636. The smallest absolute Gasteiger partial charge is 0.313 e. The van der Waals surface area contributed by atoms with Gasteiger partial charge in [-0.1, -0.05) is 5.57 Å². The van der Waals surface area contributed by atoms with Gasteiger partial charge in [-0.25, -0.2) is 0 Å². The molecule has 0 bridgehead atoms. The molecule has 1 aliphatic heterocycles. The number of carbonyl (C=O) groups is 2. The van der Waals surface area contributed by atoms with E-state index in [0.29, 0.717) is 0 Å². The Bertz CT molecular complexity index is 333. The van der Waals surface area contributed by atoms with Gasteiger partial charge >= 0.3 is 5.97 Å². The normalized spacial score (nSPS) is 28.6. The zero-order valence-electron chi connectivity index (χ0n) is 9.74. The lowest BCUT2D eigenvalue weighted by Gasteiger charge is -2.24. The Kier molecular flexibility index (Phi) is 3.70. The van der Waals surface area contributed by atoms with Gasteiger partial charge in [0.05, 0.1) is 19.3 Å². The summed E-state index contributed by atoms with van der Waals surface area (Å²) in [4.78, 5) is 22.6. The summed E-state index contributed by atoms with van der Waals surface area (Å²) in [5.74, 6) is -1.23. The lowest BCUT2D eigenvalue weighted by Crippen LogP contribution is -2.49. The van der Waals surface area contributed by atoms with Crippen LogP contribution in [-0.4, -0.2) is 36.2 Å². The Morgan fingerprint density at radius 2 is 2.12 bits per heavy atom. The van der Waals surface area contributed by atoms with Gasteiger partial charge in [0, 0.05) is 6.08 Å². The molecule has 1 amide bonds. The molecule has 5 heteroatoms. The van der Waals surface area contributed by atoms with Crippen LogP contribution in [0.5, 0.6) is 0 Å². The molecule has 1 heterocycles. The first-order valence-corrected chi connectivity index (χ1v) is 5.13. The lowest BCUT2D eigenvalue weighted by molar-refractivity contribution is -0.148. The van der Waals surface area contributed by atoms with Gasteiger partial charge in [-0.05, 0) is 20.8 Å². The zero-order valence-corrected chi connectivity index (χ0v) is 9.74. The third-order valence-electron chi connectivity index (χ3n) is 2.68. The van der Waals surface area contributed by atoms with Gasteiger partial charge in [-0.3, -0.25) is 9.59 Å². The van der Waals surface area contributed by atoms with Crippen molar-refractivity contribution in [2.45, 2.75) is 26.8 Å². The maximum atomic E-state index is 11.5. The number of carboxylic acid groups (broad SMARTS) is 1. The van der Waals surface area contributed by atoms with Crippen LogP contribution < -0.4 is 5.32 Å². The van der Waals surface area contributed by atoms with E-state index < -0.39 is 17.4 Å². The summed E-state index contributed by atoms with van der Waals surface area (Å²) >= 11 is 0. The second kappa shape index (κ2) is 4.65. The first-order chi connectivity index (χ1) is 7.36. The second-order valence-corrected chi connectivity index (χ2v) is 4.52. The lowest BCUT2D eigenvalue weighted by atomic mass is 9.85. The van der Waals surface area contributed by atoms with Gasteiger partial charge in [-0.2, -0.15) is 0 Å². The van der Waals surface area contributed by atoms with Gasteiger partial charge in [0.2, 0.25) is 5.91 Å². The SMILES string of the molecule is CC(C)=CC(=O)NC1COCC1(C)C(=O)O. The summed E-state index contributed by atoms with van der Waals surface area (Å²) in [6.45, 7) is 5.56. The number of nitrogens with one attached hydrogen (secondary N) is 1. The van der Waals surface area contributed by atoms with E-state index in [9.17, 15) is 9.59 Å². The first kappa shape index (κ1) is 12.7. The molecule has 1 fully saturated rings. The van der Waals surface area contributed by atoms with Crippen molar-refractivity contribution in [2.75, 3.05) is 13.2 Å². The summed E-state index contributed by atoms with van der Waals surface area (Å²) < 4.78 is 5.12. The number of rotatable bonds is 3. The van der Waals surface area contributed by atoms with Crippen LogP contribution in [0.2, 0.25) is 0 Å². The van der Waals surface area contributed by atoms with E-state index in [2.05, 4.69) is 5.32 Å². The highest BCUT2D eigenvalue weighted by atomic mass is 16.5. The number of hydrogen-bond donors (Lipinski definition) is 2. The molecule has 1 rings (SSSR count). The van der Waals surface area contributed by atoms with Crippen molar-refractivity contribution in [1.82, 2.24) is 5.32 Å². The summed E-state index contributed by atoms with van der Waals surface area (Å²) in [6, 6.07) is -0.479. The molecule has 2 atom stereocenters.